The fourth-order valence-electron chi connectivity index (χ4n) is 0.684. The molecule has 5 heteroatoms. The second-order valence-corrected chi connectivity index (χ2v) is 2.43. The molecule has 0 spiro atoms. The normalized spacial score (nSPS) is 10.5. The van der Waals surface area contributed by atoms with E-state index < -0.39 is 17.4 Å². The summed E-state index contributed by atoms with van der Waals surface area (Å²) in [7, 11) is 0. The van der Waals surface area contributed by atoms with Gasteiger partial charge in [0, 0.05) is 6.54 Å². The number of halogens is 1. The second-order valence-electron chi connectivity index (χ2n) is 2.43. The highest BCUT2D eigenvalue weighted by Gasteiger charge is 2.10. The molecule has 0 aliphatic heterocycles. The first-order valence-electron chi connectivity index (χ1n) is 3.63. The second kappa shape index (κ2) is 5.69. The molecule has 0 aromatic carbocycles. The molecule has 0 unspecified atom stereocenters. The molecule has 0 saturated carbocycles. The zero-order chi connectivity index (χ0) is 11.1. The van der Waals surface area contributed by atoms with Crippen LogP contribution >= 0.6 is 0 Å². The Morgan fingerprint density at radius 1 is 1.50 bits per heavy atom. The molecule has 0 saturated heterocycles. The van der Waals surface area contributed by atoms with Gasteiger partial charge in [-0.15, -0.1) is 0 Å². The summed E-state index contributed by atoms with van der Waals surface area (Å²) < 4.78 is 12.5. The molecule has 2 N–H and O–H groups in total. The Bertz CT molecular complexity index is 291. The number of carbonyl (C=O) groups excluding carboxylic acids is 1. The first-order valence-corrected chi connectivity index (χ1v) is 3.63. The van der Waals surface area contributed by atoms with Crippen LogP contribution in [0.1, 0.15) is 0 Å². The lowest BCUT2D eigenvalue weighted by Gasteiger charge is -2.00. The zero-order valence-electron chi connectivity index (χ0n) is 7.42. The largest absolute Gasteiger partial charge is 0.478 e. The van der Waals surface area contributed by atoms with Gasteiger partial charge in [-0.2, -0.15) is 0 Å². The van der Waals surface area contributed by atoms with Crippen molar-refractivity contribution in [2.45, 2.75) is 0 Å². The van der Waals surface area contributed by atoms with E-state index in [9.17, 15) is 14.0 Å². The molecule has 14 heavy (non-hydrogen) atoms. The molecule has 76 valence electrons. The van der Waals surface area contributed by atoms with Crippen LogP contribution in [0.3, 0.4) is 0 Å². The number of amides is 1. The third-order valence-corrected chi connectivity index (χ3v) is 1.28. The van der Waals surface area contributed by atoms with Crippen molar-refractivity contribution in [1.82, 2.24) is 5.32 Å². The van der Waals surface area contributed by atoms with Gasteiger partial charge in [0.1, 0.15) is 5.83 Å². The minimum atomic E-state index is -1.43. The lowest BCUT2D eigenvalue weighted by Crippen LogP contribution is -2.13. The van der Waals surface area contributed by atoms with Gasteiger partial charge in [0.2, 0.25) is 6.41 Å². The number of carbonyl (C=O) groups is 2. The number of aliphatic carboxylic acids is 1. The van der Waals surface area contributed by atoms with Gasteiger partial charge in [-0.25, -0.2) is 9.18 Å². The highest BCUT2D eigenvalue weighted by molar-refractivity contribution is 5.91. The quantitative estimate of drug-likeness (QED) is 0.377. The van der Waals surface area contributed by atoms with E-state index >= 15 is 0 Å². The van der Waals surface area contributed by atoms with Gasteiger partial charge in [0.15, 0.2) is 0 Å². The van der Waals surface area contributed by atoms with Crippen molar-refractivity contribution in [3.8, 4) is 0 Å². The van der Waals surface area contributed by atoms with E-state index in [4.69, 9.17) is 5.11 Å². The van der Waals surface area contributed by atoms with Crippen LogP contribution in [0, 0.1) is 0 Å². The van der Waals surface area contributed by atoms with Crippen LogP contribution in [-0.2, 0) is 9.59 Å². The van der Waals surface area contributed by atoms with Gasteiger partial charge in [-0.3, -0.25) is 4.79 Å². The minimum Gasteiger partial charge on any atom is -0.478 e. The summed E-state index contributed by atoms with van der Waals surface area (Å²) >= 11 is 0. The summed E-state index contributed by atoms with van der Waals surface area (Å²) in [6.07, 6.45) is 1.45. The predicted molar refractivity (Wildman–Crippen MR) is 49.2 cm³/mol. The average Bonchev–Trinajstić information content (AvgIpc) is 2.09. The Kier molecular flexibility index (Phi) is 4.91. The molecular weight excluding hydrogens is 189 g/mol. The van der Waals surface area contributed by atoms with Crippen LogP contribution < -0.4 is 5.32 Å². The van der Waals surface area contributed by atoms with Crippen molar-refractivity contribution in [2.75, 3.05) is 6.54 Å². The zero-order valence-corrected chi connectivity index (χ0v) is 7.42. The predicted octanol–water partition coefficient (Wildman–Crippen LogP) is 0.783. The maximum atomic E-state index is 12.5. The Balaban J connectivity index is 4.57. The first kappa shape index (κ1) is 12.1. The van der Waals surface area contributed by atoms with Crippen molar-refractivity contribution in [1.29, 1.82) is 0 Å². The molecule has 4 nitrogen and oxygen atoms in total. The summed E-state index contributed by atoms with van der Waals surface area (Å²) in [6, 6.07) is 0. The summed E-state index contributed by atoms with van der Waals surface area (Å²) in [6.45, 7) is 6.35. The van der Waals surface area contributed by atoms with Crippen LogP contribution in [0.25, 0.3) is 0 Å². The number of rotatable bonds is 6. The van der Waals surface area contributed by atoms with E-state index in [2.05, 4.69) is 18.5 Å². The van der Waals surface area contributed by atoms with Crippen LogP contribution in [0.5, 0.6) is 0 Å². The number of hydrogen-bond acceptors (Lipinski definition) is 2. The van der Waals surface area contributed by atoms with Crippen molar-refractivity contribution < 1.29 is 19.1 Å². The molecule has 0 aromatic rings. The topological polar surface area (TPSA) is 66.4 Å². The number of carboxylic acids is 1. The SMILES string of the molecule is C=C(/C=C(\C(=C)F)C(=O)O)CNC=O. The Morgan fingerprint density at radius 3 is 2.43 bits per heavy atom. The minimum absolute atomic E-state index is 0.0631. The van der Waals surface area contributed by atoms with Crippen molar-refractivity contribution in [3.63, 3.8) is 0 Å². The van der Waals surface area contributed by atoms with E-state index in [1.807, 2.05) is 0 Å². The van der Waals surface area contributed by atoms with Crippen LogP contribution in [0.15, 0.2) is 36.2 Å². The smallest absolute Gasteiger partial charge is 0.338 e. The van der Waals surface area contributed by atoms with E-state index in [0.717, 1.165) is 6.08 Å². The maximum absolute atomic E-state index is 12.5. The number of carboxylic acid groups (broad SMARTS) is 1. The summed E-state index contributed by atoms with van der Waals surface area (Å²) in [5.74, 6) is -2.48. The van der Waals surface area contributed by atoms with Gasteiger partial charge >= 0.3 is 5.97 Å². The molecule has 0 aliphatic rings. The summed E-state index contributed by atoms with van der Waals surface area (Å²) in [5.41, 5.74) is -0.295. The van der Waals surface area contributed by atoms with Gasteiger partial charge in [-0.05, 0) is 11.6 Å². The van der Waals surface area contributed by atoms with Gasteiger partial charge in [0.05, 0.1) is 5.57 Å². The third-order valence-electron chi connectivity index (χ3n) is 1.28. The van der Waals surface area contributed by atoms with E-state index in [1.54, 1.807) is 0 Å². The monoisotopic (exact) mass is 199 g/mol. The van der Waals surface area contributed by atoms with Gasteiger partial charge < -0.3 is 10.4 Å². The van der Waals surface area contributed by atoms with E-state index in [1.165, 1.54) is 0 Å². The van der Waals surface area contributed by atoms with Gasteiger partial charge in [-0.1, -0.05) is 13.2 Å². The highest BCUT2D eigenvalue weighted by atomic mass is 19.1. The Morgan fingerprint density at radius 2 is 2.07 bits per heavy atom. The van der Waals surface area contributed by atoms with Crippen molar-refractivity contribution in [2.24, 2.45) is 0 Å². The third kappa shape index (κ3) is 4.20. The molecule has 0 heterocycles. The molecule has 0 atom stereocenters. The lowest BCUT2D eigenvalue weighted by molar-refractivity contribution is -0.132. The Hall–Kier alpha value is -1.91. The molecule has 1 amide bonds. The molecule has 0 aliphatic carbocycles. The highest BCUT2D eigenvalue weighted by Crippen LogP contribution is 2.11. The fraction of sp³-hybridized carbons (Fsp3) is 0.111. The van der Waals surface area contributed by atoms with E-state index in [0.29, 0.717) is 6.41 Å². The van der Waals surface area contributed by atoms with E-state index in [-0.39, 0.29) is 12.1 Å². The van der Waals surface area contributed by atoms with Gasteiger partial charge in [0.25, 0.3) is 0 Å². The first-order chi connectivity index (χ1) is 6.49. The summed E-state index contributed by atoms with van der Waals surface area (Å²) in [4.78, 5) is 20.3. The molecule has 0 fully saturated rings. The van der Waals surface area contributed by atoms with Crippen LogP contribution in [-0.4, -0.2) is 24.0 Å². The molecule has 0 aromatic heterocycles. The van der Waals surface area contributed by atoms with Crippen molar-refractivity contribution >= 4 is 12.4 Å². The average molecular weight is 199 g/mol. The standard InChI is InChI=1S/C9H10FNO3/c1-6(4-11-5-12)3-8(7(2)10)9(13)14/h3,5H,1-2,4H2,(H,11,12)(H,13,14)/b8-3+. The summed E-state index contributed by atoms with van der Waals surface area (Å²) in [5, 5.41) is 10.8. The van der Waals surface area contributed by atoms with Crippen molar-refractivity contribution in [3.05, 3.63) is 36.2 Å². The molecule has 0 rings (SSSR count). The lowest BCUT2D eigenvalue weighted by atomic mass is 10.1. The number of hydrogen-bond donors (Lipinski definition) is 2. The number of nitrogens with one attached hydrogen (secondary N) is 1. The maximum Gasteiger partial charge on any atom is 0.338 e. The Labute approximate surface area is 80.4 Å². The van der Waals surface area contributed by atoms with Crippen LogP contribution in [0.2, 0.25) is 0 Å². The fourth-order valence-corrected chi connectivity index (χ4v) is 0.684. The van der Waals surface area contributed by atoms with Crippen LogP contribution in [0.4, 0.5) is 4.39 Å². The molecule has 0 bridgehead atoms. The molecular formula is C9H10FNO3. The molecule has 0 radical (unpaired) electrons.